The van der Waals surface area contributed by atoms with Crippen molar-refractivity contribution in [2.24, 2.45) is 0 Å². The molecule has 3 atom stereocenters. The van der Waals surface area contributed by atoms with Gasteiger partial charge in [-0.05, 0) is 108 Å². The maximum atomic E-state index is 12.7. The van der Waals surface area contributed by atoms with Crippen molar-refractivity contribution in [1.82, 2.24) is 25.9 Å². The Morgan fingerprint density at radius 1 is 0.541 bits per heavy atom. The number of aromatic nitrogens is 3. The number of carbonyl (C=O) groups is 7. The minimum atomic E-state index is -1.18. The number of methoxy groups -OCH3 is 1. The molecule has 0 saturated carbocycles. The van der Waals surface area contributed by atoms with Crippen LogP contribution < -0.4 is 25.4 Å². The van der Waals surface area contributed by atoms with Crippen LogP contribution in [0.4, 0.5) is 14.4 Å². The van der Waals surface area contributed by atoms with Gasteiger partial charge in [-0.2, -0.15) is 4.73 Å². The molecule has 3 unspecified atom stereocenters. The smallest absolute Gasteiger partial charge is 0.408 e. The Balaban J connectivity index is 0.000000299. The summed E-state index contributed by atoms with van der Waals surface area (Å²) in [6.07, 6.45) is 4.68. The highest BCUT2D eigenvalue weighted by Crippen LogP contribution is 2.22. The van der Waals surface area contributed by atoms with Gasteiger partial charge in [-0.1, -0.05) is 60.7 Å². The Hall–Kier alpha value is -8.62. The molecule has 0 radical (unpaired) electrons. The standard InChI is InChI=1S/C21H24N2O6.C19H22N2O5.C13H18N2O4/c1-14(24)28-17-12-16(10-11-22-17)18(23-20(26)29-21(2,3)4)19(25)27-13-15-8-6-5-7-9-15;1-19(2,3)26-18(23)20-16(15-9-11-21(24)12-10-15)17(22)25-13-14-7-5-4-6-8-14;1-13(2,3)19-12(17)15-10(11(16)18-4)9-5-7-14-8-6-9/h5-12,18H,13H2,1-4H3,(H,23,26);4-12,16H,13H2,1-3H3,(H,20,23);5-8,10H,1-4H3,(H,15,17). The fraction of sp³-hybridized carbons (Fsp3) is 0.358. The van der Waals surface area contributed by atoms with Gasteiger partial charge in [0, 0.05) is 43.7 Å². The van der Waals surface area contributed by atoms with Crippen LogP contribution in [0.15, 0.2) is 128 Å². The Morgan fingerprint density at radius 3 is 1.31 bits per heavy atom. The van der Waals surface area contributed by atoms with Crippen LogP contribution in [0.3, 0.4) is 0 Å². The molecule has 5 rings (SSSR count). The monoisotopic (exact) mass is 1020 g/mol. The Morgan fingerprint density at radius 2 is 0.919 bits per heavy atom. The predicted molar refractivity (Wildman–Crippen MR) is 266 cm³/mol. The highest BCUT2D eigenvalue weighted by atomic mass is 16.6. The van der Waals surface area contributed by atoms with Crippen molar-refractivity contribution in [3.63, 3.8) is 0 Å². The van der Waals surface area contributed by atoms with E-state index >= 15 is 0 Å². The predicted octanol–water partition coefficient (Wildman–Crippen LogP) is 7.77. The fourth-order valence-electron chi connectivity index (χ4n) is 5.83. The highest BCUT2D eigenvalue weighted by Gasteiger charge is 2.30. The molecule has 396 valence electrons. The first-order valence-corrected chi connectivity index (χ1v) is 22.9. The van der Waals surface area contributed by atoms with E-state index in [2.05, 4.69) is 30.7 Å². The van der Waals surface area contributed by atoms with Crippen LogP contribution >= 0.6 is 0 Å². The van der Waals surface area contributed by atoms with Gasteiger partial charge < -0.3 is 54.3 Å². The van der Waals surface area contributed by atoms with Gasteiger partial charge in [0.05, 0.1) is 7.11 Å². The second-order valence-electron chi connectivity index (χ2n) is 18.7. The van der Waals surface area contributed by atoms with Crippen molar-refractivity contribution in [3.05, 3.63) is 161 Å². The molecule has 0 aliphatic carbocycles. The molecule has 0 bridgehead atoms. The quantitative estimate of drug-likeness (QED) is 0.0415. The summed E-state index contributed by atoms with van der Waals surface area (Å²) in [7, 11) is 1.26. The molecule has 3 heterocycles. The molecule has 0 aliphatic rings. The largest absolute Gasteiger partial charge is 0.619 e. The topological polar surface area (TPSA) is 273 Å². The van der Waals surface area contributed by atoms with E-state index in [9.17, 15) is 38.8 Å². The number of nitrogens with zero attached hydrogens (tertiary/aromatic N) is 3. The van der Waals surface area contributed by atoms with Gasteiger partial charge in [-0.25, -0.2) is 33.8 Å². The molecule has 2 aromatic carbocycles. The lowest BCUT2D eigenvalue weighted by molar-refractivity contribution is -0.605. The van der Waals surface area contributed by atoms with E-state index in [-0.39, 0.29) is 19.1 Å². The minimum absolute atomic E-state index is 0.00171. The molecule has 0 spiro atoms. The van der Waals surface area contributed by atoms with Crippen LogP contribution in [0.25, 0.3) is 0 Å². The lowest BCUT2D eigenvalue weighted by atomic mass is 10.1. The molecule has 0 aliphatic heterocycles. The Kier molecular flexibility index (Phi) is 22.9. The molecule has 21 nitrogen and oxygen atoms in total. The summed E-state index contributed by atoms with van der Waals surface area (Å²) >= 11 is 0. The van der Waals surface area contributed by atoms with Crippen LogP contribution in [0.1, 0.15) is 115 Å². The summed E-state index contributed by atoms with van der Waals surface area (Å²) in [5.74, 6) is -2.47. The van der Waals surface area contributed by atoms with Crippen molar-refractivity contribution < 1.29 is 71.5 Å². The van der Waals surface area contributed by atoms with Gasteiger partial charge in [0.1, 0.15) is 30.0 Å². The van der Waals surface area contributed by atoms with Gasteiger partial charge in [-0.3, -0.25) is 9.78 Å². The lowest BCUT2D eigenvalue weighted by Crippen LogP contribution is -2.39. The third-order valence-electron chi connectivity index (χ3n) is 8.88. The Labute approximate surface area is 429 Å². The third kappa shape index (κ3) is 23.5. The van der Waals surface area contributed by atoms with E-state index < -0.39 is 77.1 Å². The molecular weight excluding hydrogens is 961 g/mol. The summed E-state index contributed by atoms with van der Waals surface area (Å²) in [6, 6.07) is 24.2. The summed E-state index contributed by atoms with van der Waals surface area (Å²) in [5.41, 5.74) is 0.854. The molecule has 0 fully saturated rings. The zero-order valence-corrected chi connectivity index (χ0v) is 43.2. The van der Waals surface area contributed by atoms with Crippen molar-refractivity contribution in [2.45, 2.75) is 117 Å². The number of esters is 4. The van der Waals surface area contributed by atoms with Crippen LogP contribution in [-0.2, 0) is 60.8 Å². The number of rotatable bonds is 14. The van der Waals surface area contributed by atoms with E-state index in [0.29, 0.717) is 21.4 Å². The number of carbonyl (C=O) groups excluding carboxylic acids is 7. The first-order valence-electron chi connectivity index (χ1n) is 22.9. The van der Waals surface area contributed by atoms with Crippen LogP contribution in [0.5, 0.6) is 5.88 Å². The molecule has 0 saturated heterocycles. The summed E-state index contributed by atoms with van der Waals surface area (Å²) in [5, 5.41) is 18.7. The van der Waals surface area contributed by atoms with E-state index in [1.807, 2.05) is 60.7 Å². The van der Waals surface area contributed by atoms with Gasteiger partial charge in [0.15, 0.2) is 30.5 Å². The number of alkyl carbamates (subject to hydrolysis) is 3. The average Bonchev–Trinajstić information content (AvgIpc) is 3.32. The normalized spacial score (nSPS) is 12.1. The molecule has 5 aromatic rings. The SMILES string of the molecule is CC(=O)Oc1cc(C(NC(=O)OC(C)(C)C)C(=O)OCc2ccccc2)ccn1.CC(C)(C)OC(=O)NC(C(=O)OCc1ccccc1)c1cc[n+]([O-])cc1.COC(=O)C(NC(=O)OC(C)(C)C)c1ccncc1. The minimum Gasteiger partial charge on any atom is -0.619 e. The van der Waals surface area contributed by atoms with Gasteiger partial charge >= 0.3 is 42.2 Å². The van der Waals surface area contributed by atoms with Crippen LogP contribution in [0.2, 0.25) is 0 Å². The van der Waals surface area contributed by atoms with E-state index in [1.54, 1.807) is 74.4 Å². The Bertz CT molecular complexity index is 2600. The summed E-state index contributed by atoms with van der Waals surface area (Å²) < 4.78 is 36.4. The zero-order valence-electron chi connectivity index (χ0n) is 43.2. The number of nitrogens with one attached hydrogen (secondary N) is 3. The van der Waals surface area contributed by atoms with E-state index in [4.69, 9.17) is 28.4 Å². The van der Waals surface area contributed by atoms with Crippen molar-refractivity contribution >= 4 is 42.2 Å². The average molecular weight is 1030 g/mol. The number of ether oxygens (including phenoxy) is 7. The molecular formula is C53H64N6O15. The number of hydrogen-bond donors (Lipinski definition) is 3. The van der Waals surface area contributed by atoms with Crippen molar-refractivity contribution in [2.75, 3.05) is 7.11 Å². The van der Waals surface area contributed by atoms with Gasteiger partial charge in [0.25, 0.3) is 0 Å². The van der Waals surface area contributed by atoms with Gasteiger partial charge in [-0.15, -0.1) is 0 Å². The highest BCUT2D eigenvalue weighted by molar-refractivity contribution is 5.84. The number of pyridine rings is 3. The van der Waals surface area contributed by atoms with Crippen molar-refractivity contribution in [3.8, 4) is 5.88 Å². The van der Waals surface area contributed by atoms with Gasteiger partial charge in [0.2, 0.25) is 5.88 Å². The molecule has 3 aromatic heterocycles. The number of hydrogen-bond acceptors (Lipinski definition) is 17. The lowest BCUT2D eigenvalue weighted by Gasteiger charge is -2.23. The molecule has 21 heteroatoms. The first-order chi connectivity index (χ1) is 34.7. The van der Waals surface area contributed by atoms with Crippen LogP contribution in [0, 0.1) is 5.21 Å². The molecule has 74 heavy (non-hydrogen) atoms. The first kappa shape index (κ1) is 59.7. The fourth-order valence-corrected chi connectivity index (χ4v) is 5.83. The summed E-state index contributed by atoms with van der Waals surface area (Å²) in [4.78, 5) is 91.9. The van der Waals surface area contributed by atoms with Crippen LogP contribution in [-0.4, -0.2) is 76.0 Å². The summed E-state index contributed by atoms with van der Waals surface area (Å²) in [6.45, 7) is 16.9. The van der Waals surface area contributed by atoms with E-state index in [0.717, 1.165) is 11.1 Å². The second kappa shape index (κ2) is 28.4. The maximum Gasteiger partial charge on any atom is 0.408 e. The van der Waals surface area contributed by atoms with Crippen molar-refractivity contribution in [1.29, 1.82) is 0 Å². The maximum absolute atomic E-state index is 12.7. The third-order valence-corrected chi connectivity index (χ3v) is 8.88. The molecule has 3 N–H and O–H groups in total. The number of amides is 3. The zero-order chi connectivity index (χ0) is 55.1. The second-order valence-corrected chi connectivity index (χ2v) is 18.7. The molecule has 3 amide bonds. The number of benzene rings is 2. The van der Waals surface area contributed by atoms with E-state index in [1.165, 1.54) is 69.3 Å².